The van der Waals surface area contributed by atoms with Crippen LogP contribution in [0.5, 0.6) is 5.75 Å². The van der Waals surface area contributed by atoms with Crippen molar-refractivity contribution in [1.82, 2.24) is 4.72 Å². The minimum absolute atomic E-state index is 0.124. The molecule has 0 saturated carbocycles. The second-order valence-electron chi connectivity index (χ2n) is 5.14. The SMILES string of the molecule is Nc1cc2c(c(S(=O)(=O)NCCCCCO)c1)OCCC2. The number of rotatable bonds is 7. The molecular formula is C14H22N2O4S. The number of ether oxygens (including phenoxy) is 1. The normalized spacial score (nSPS) is 14.5. The second-order valence-corrected chi connectivity index (χ2v) is 6.88. The molecule has 6 nitrogen and oxygen atoms in total. The molecule has 1 aromatic carbocycles. The Hall–Kier alpha value is -1.31. The van der Waals surface area contributed by atoms with Crippen molar-refractivity contribution in [2.45, 2.75) is 37.0 Å². The van der Waals surface area contributed by atoms with E-state index in [2.05, 4.69) is 4.72 Å². The van der Waals surface area contributed by atoms with Gasteiger partial charge in [-0.25, -0.2) is 13.1 Å². The molecule has 0 bridgehead atoms. The van der Waals surface area contributed by atoms with Crippen LogP contribution in [0.4, 0.5) is 5.69 Å². The zero-order chi connectivity index (χ0) is 15.3. The highest BCUT2D eigenvalue weighted by Gasteiger charge is 2.24. The third-order valence-corrected chi connectivity index (χ3v) is 4.87. The van der Waals surface area contributed by atoms with E-state index >= 15 is 0 Å². The first-order chi connectivity index (χ1) is 10.0. The number of nitrogen functional groups attached to an aromatic ring is 1. The third kappa shape index (κ3) is 4.09. The Kier molecular flexibility index (Phi) is 5.44. The van der Waals surface area contributed by atoms with Crippen LogP contribution in [0.3, 0.4) is 0 Å². The molecule has 0 saturated heterocycles. The number of unbranched alkanes of at least 4 members (excludes halogenated alkanes) is 2. The predicted molar refractivity (Wildman–Crippen MR) is 80.8 cm³/mol. The van der Waals surface area contributed by atoms with Crippen LogP contribution in [0.1, 0.15) is 31.2 Å². The largest absolute Gasteiger partial charge is 0.492 e. The Labute approximate surface area is 125 Å². The molecule has 1 aliphatic rings. The Morgan fingerprint density at radius 3 is 2.86 bits per heavy atom. The maximum Gasteiger partial charge on any atom is 0.244 e. The molecule has 7 heteroatoms. The Morgan fingerprint density at radius 1 is 1.29 bits per heavy atom. The lowest BCUT2D eigenvalue weighted by molar-refractivity contribution is 0.280. The fraction of sp³-hybridized carbons (Fsp3) is 0.571. The number of aryl methyl sites for hydroxylation is 1. The van der Waals surface area contributed by atoms with Crippen molar-refractivity contribution >= 4 is 15.7 Å². The van der Waals surface area contributed by atoms with Crippen molar-refractivity contribution in [1.29, 1.82) is 0 Å². The van der Waals surface area contributed by atoms with Gasteiger partial charge in [0.1, 0.15) is 10.6 Å². The molecule has 0 radical (unpaired) electrons. The summed E-state index contributed by atoms with van der Waals surface area (Å²) in [7, 11) is -3.63. The number of nitrogens with one attached hydrogen (secondary N) is 1. The van der Waals surface area contributed by atoms with Gasteiger partial charge in [0.05, 0.1) is 6.61 Å². The summed E-state index contributed by atoms with van der Waals surface area (Å²) in [5, 5.41) is 8.70. The summed E-state index contributed by atoms with van der Waals surface area (Å²) < 4.78 is 32.9. The van der Waals surface area contributed by atoms with Crippen molar-refractivity contribution in [3.05, 3.63) is 17.7 Å². The van der Waals surface area contributed by atoms with Gasteiger partial charge in [0.25, 0.3) is 0 Å². The van der Waals surface area contributed by atoms with Crippen LogP contribution >= 0.6 is 0 Å². The fourth-order valence-electron chi connectivity index (χ4n) is 2.37. The van der Waals surface area contributed by atoms with Crippen LogP contribution < -0.4 is 15.2 Å². The van der Waals surface area contributed by atoms with Gasteiger partial charge in [0.2, 0.25) is 10.0 Å². The van der Waals surface area contributed by atoms with Gasteiger partial charge in [-0.2, -0.15) is 0 Å². The number of aliphatic hydroxyl groups excluding tert-OH is 1. The predicted octanol–water partition coefficient (Wildman–Crippen LogP) is 1.03. The lowest BCUT2D eigenvalue weighted by Gasteiger charge is -2.21. The number of fused-ring (bicyclic) bond motifs is 1. The van der Waals surface area contributed by atoms with Crippen LogP contribution in [0.15, 0.2) is 17.0 Å². The highest BCUT2D eigenvalue weighted by molar-refractivity contribution is 7.89. The number of nitrogens with two attached hydrogens (primary N) is 1. The number of sulfonamides is 1. The van der Waals surface area contributed by atoms with Crippen molar-refractivity contribution in [2.75, 3.05) is 25.5 Å². The summed E-state index contributed by atoms with van der Waals surface area (Å²) in [5.41, 5.74) is 7.08. The molecular weight excluding hydrogens is 292 g/mol. The van der Waals surface area contributed by atoms with Crippen LogP contribution in [-0.2, 0) is 16.4 Å². The first kappa shape index (κ1) is 16.1. The van der Waals surface area contributed by atoms with E-state index < -0.39 is 10.0 Å². The number of hydrogen-bond donors (Lipinski definition) is 3. The fourth-order valence-corrected chi connectivity index (χ4v) is 3.66. The molecule has 0 unspecified atom stereocenters. The zero-order valence-corrected chi connectivity index (χ0v) is 12.8. The Balaban J connectivity index is 2.14. The minimum Gasteiger partial charge on any atom is -0.492 e. The number of anilines is 1. The summed E-state index contributed by atoms with van der Waals surface area (Å²) in [4.78, 5) is 0.124. The molecule has 118 valence electrons. The van der Waals surface area contributed by atoms with Crippen molar-refractivity contribution in [2.24, 2.45) is 0 Å². The topological polar surface area (TPSA) is 102 Å². The van der Waals surface area contributed by atoms with Crippen LogP contribution in [0.25, 0.3) is 0 Å². The first-order valence-electron chi connectivity index (χ1n) is 7.20. The van der Waals surface area contributed by atoms with Crippen molar-refractivity contribution in [3.8, 4) is 5.75 Å². The average molecular weight is 314 g/mol. The third-order valence-electron chi connectivity index (χ3n) is 3.41. The van der Waals surface area contributed by atoms with E-state index in [9.17, 15) is 8.42 Å². The monoisotopic (exact) mass is 314 g/mol. The van der Waals surface area contributed by atoms with E-state index in [-0.39, 0.29) is 11.5 Å². The molecule has 0 aromatic heterocycles. The van der Waals surface area contributed by atoms with E-state index in [0.717, 1.165) is 24.8 Å². The van der Waals surface area contributed by atoms with Gasteiger partial charge in [-0.05, 0) is 49.8 Å². The van der Waals surface area contributed by atoms with Gasteiger partial charge in [0, 0.05) is 18.8 Å². The van der Waals surface area contributed by atoms with Gasteiger partial charge in [-0.3, -0.25) is 0 Å². The maximum atomic E-state index is 12.4. The van der Waals surface area contributed by atoms with E-state index in [1.807, 2.05) is 0 Å². The molecule has 1 aromatic rings. The standard InChI is InChI=1S/C14H22N2O4S/c15-12-9-11-5-4-8-20-14(11)13(10-12)21(18,19)16-6-2-1-3-7-17/h9-10,16-17H,1-8,15H2. The number of hydrogen-bond acceptors (Lipinski definition) is 5. The summed E-state index contributed by atoms with van der Waals surface area (Å²) in [6.45, 7) is 0.991. The van der Waals surface area contributed by atoms with Crippen LogP contribution in [-0.4, -0.2) is 33.3 Å². The zero-order valence-electron chi connectivity index (χ0n) is 12.0. The van der Waals surface area contributed by atoms with Crippen molar-refractivity contribution < 1.29 is 18.3 Å². The minimum atomic E-state index is -3.63. The van der Waals surface area contributed by atoms with Crippen LogP contribution in [0.2, 0.25) is 0 Å². The number of aliphatic hydroxyl groups is 1. The Bertz CT molecular complexity index is 587. The Morgan fingerprint density at radius 2 is 2.10 bits per heavy atom. The molecule has 0 fully saturated rings. The van der Waals surface area contributed by atoms with Gasteiger partial charge in [-0.1, -0.05) is 0 Å². The van der Waals surface area contributed by atoms with E-state index in [0.29, 0.717) is 37.4 Å². The summed E-state index contributed by atoms with van der Waals surface area (Å²) in [5.74, 6) is 0.429. The van der Waals surface area contributed by atoms with Crippen LogP contribution in [0, 0.1) is 0 Å². The van der Waals surface area contributed by atoms with Gasteiger partial charge >= 0.3 is 0 Å². The maximum absolute atomic E-state index is 12.4. The second kappa shape index (κ2) is 7.11. The molecule has 21 heavy (non-hydrogen) atoms. The van der Waals surface area contributed by atoms with E-state index in [1.54, 1.807) is 6.07 Å². The van der Waals surface area contributed by atoms with Gasteiger partial charge in [-0.15, -0.1) is 0 Å². The smallest absolute Gasteiger partial charge is 0.244 e. The quantitative estimate of drug-likeness (QED) is 0.515. The van der Waals surface area contributed by atoms with Gasteiger partial charge in [0.15, 0.2) is 0 Å². The lowest BCUT2D eigenvalue weighted by Crippen LogP contribution is -2.26. The molecule has 1 aliphatic heterocycles. The molecule has 0 amide bonds. The highest BCUT2D eigenvalue weighted by atomic mass is 32.2. The molecule has 4 N–H and O–H groups in total. The molecule has 1 heterocycles. The lowest BCUT2D eigenvalue weighted by atomic mass is 10.1. The molecule has 0 spiro atoms. The summed E-state index contributed by atoms with van der Waals surface area (Å²) >= 11 is 0. The highest BCUT2D eigenvalue weighted by Crippen LogP contribution is 2.34. The van der Waals surface area contributed by atoms with Crippen molar-refractivity contribution in [3.63, 3.8) is 0 Å². The summed E-state index contributed by atoms with van der Waals surface area (Å²) in [6.07, 6.45) is 3.79. The number of benzene rings is 1. The summed E-state index contributed by atoms with van der Waals surface area (Å²) in [6, 6.07) is 3.22. The van der Waals surface area contributed by atoms with Gasteiger partial charge < -0.3 is 15.6 Å². The molecule has 0 atom stereocenters. The van der Waals surface area contributed by atoms with E-state index in [4.69, 9.17) is 15.6 Å². The molecule has 0 aliphatic carbocycles. The average Bonchev–Trinajstić information content (AvgIpc) is 2.46. The molecule has 2 rings (SSSR count). The first-order valence-corrected chi connectivity index (χ1v) is 8.68. The van der Waals surface area contributed by atoms with E-state index in [1.165, 1.54) is 6.07 Å².